The molecule has 0 fully saturated rings. The summed E-state index contributed by atoms with van der Waals surface area (Å²) in [5.74, 6) is -0.362. The fourth-order valence-corrected chi connectivity index (χ4v) is 2.74. The highest BCUT2D eigenvalue weighted by molar-refractivity contribution is 7.91. The summed E-state index contributed by atoms with van der Waals surface area (Å²) in [4.78, 5) is 10.4. The van der Waals surface area contributed by atoms with E-state index in [-0.39, 0.29) is 18.1 Å². The van der Waals surface area contributed by atoms with Crippen LogP contribution in [0.2, 0.25) is 0 Å². The number of ether oxygens (including phenoxy) is 1. The lowest BCUT2D eigenvalue weighted by molar-refractivity contribution is -0.131. The second-order valence-electron chi connectivity index (χ2n) is 4.24. The van der Waals surface area contributed by atoms with Crippen molar-refractivity contribution in [1.82, 2.24) is 0 Å². The highest BCUT2D eigenvalue weighted by Gasteiger charge is 2.09. The zero-order chi connectivity index (χ0) is 15.0. The summed E-state index contributed by atoms with van der Waals surface area (Å²) >= 11 is 0. The molecule has 0 bridgehead atoms. The lowest BCUT2D eigenvalue weighted by atomic mass is 10.2. The molecule has 1 aromatic carbocycles. The van der Waals surface area contributed by atoms with Crippen molar-refractivity contribution in [3.8, 4) is 5.75 Å². The maximum atomic E-state index is 11.5. The van der Waals surface area contributed by atoms with Gasteiger partial charge in [0.05, 0.1) is 11.5 Å². The molecule has 0 unspecified atom stereocenters. The molecule has 0 saturated heterocycles. The van der Waals surface area contributed by atoms with Crippen LogP contribution in [0.5, 0.6) is 5.75 Å². The van der Waals surface area contributed by atoms with Gasteiger partial charge in [-0.15, -0.1) is 0 Å². The largest absolute Gasteiger partial charge is 0.493 e. The Balaban J connectivity index is 2.57. The number of carbonyl (C=O) groups is 1. The van der Waals surface area contributed by atoms with Crippen LogP contribution in [0.25, 0.3) is 6.08 Å². The van der Waals surface area contributed by atoms with Crippen molar-refractivity contribution in [1.29, 1.82) is 0 Å². The van der Waals surface area contributed by atoms with Crippen LogP contribution in [0.4, 0.5) is 0 Å². The summed E-state index contributed by atoms with van der Waals surface area (Å²) in [6.07, 6.45) is 3.08. The van der Waals surface area contributed by atoms with Crippen molar-refractivity contribution in [3.63, 3.8) is 0 Å². The van der Waals surface area contributed by atoms with Gasteiger partial charge in [-0.1, -0.05) is 19.1 Å². The first kappa shape index (κ1) is 16.2. The fourth-order valence-electron chi connectivity index (χ4n) is 1.58. The summed E-state index contributed by atoms with van der Waals surface area (Å²) in [6.45, 7) is 1.91. The third-order valence-electron chi connectivity index (χ3n) is 2.45. The van der Waals surface area contributed by atoms with Crippen LogP contribution in [0.1, 0.15) is 18.9 Å². The second-order valence-corrected chi connectivity index (χ2v) is 6.55. The van der Waals surface area contributed by atoms with Gasteiger partial charge in [0.25, 0.3) is 0 Å². The van der Waals surface area contributed by atoms with Gasteiger partial charge in [-0.25, -0.2) is 13.2 Å². The topological polar surface area (TPSA) is 80.7 Å². The number of aliphatic carboxylic acids is 1. The molecule has 0 aliphatic carbocycles. The van der Waals surface area contributed by atoms with Gasteiger partial charge in [0.1, 0.15) is 12.4 Å². The zero-order valence-electron chi connectivity index (χ0n) is 11.3. The van der Waals surface area contributed by atoms with Gasteiger partial charge >= 0.3 is 5.97 Å². The minimum atomic E-state index is -3.05. The Hall–Kier alpha value is -1.82. The van der Waals surface area contributed by atoms with Crippen LogP contribution >= 0.6 is 0 Å². The molecule has 1 N–H and O–H groups in total. The molecular weight excluding hydrogens is 280 g/mol. The van der Waals surface area contributed by atoms with Gasteiger partial charge < -0.3 is 9.84 Å². The third kappa shape index (κ3) is 6.38. The number of sulfone groups is 1. The van der Waals surface area contributed by atoms with Gasteiger partial charge in [-0.3, -0.25) is 0 Å². The van der Waals surface area contributed by atoms with E-state index in [2.05, 4.69) is 0 Å². The number of carboxylic acids is 1. The number of carboxylic acid groups (broad SMARTS) is 1. The normalized spacial score (nSPS) is 11.7. The lowest BCUT2D eigenvalue weighted by Gasteiger charge is -2.07. The van der Waals surface area contributed by atoms with E-state index in [1.165, 1.54) is 6.08 Å². The van der Waals surface area contributed by atoms with E-state index in [4.69, 9.17) is 9.84 Å². The minimum Gasteiger partial charge on any atom is -0.493 e. The van der Waals surface area contributed by atoms with Gasteiger partial charge in [0.15, 0.2) is 9.84 Å². The maximum Gasteiger partial charge on any atom is 0.328 e. The number of benzene rings is 1. The summed E-state index contributed by atoms with van der Waals surface area (Å²) in [7, 11) is -3.05. The predicted octanol–water partition coefficient (Wildman–Crippen LogP) is 1.99. The standard InChI is InChI=1S/C14H18O5S/c1-2-9-20(17,18)10-8-19-13-5-3-4-12(11-13)6-7-14(15)16/h3-7,11H,2,8-10H2,1H3,(H,15,16)/b7-6+. The Labute approximate surface area is 118 Å². The SMILES string of the molecule is CCCS(=O)(=O)CCOc1cccc(/C=C/C(=O)O)c1. The van der Waals surface area contributed by atoms with Crippen molar-refractivity contribution < 1.29 is 23.1 Å². The zero-order valence-corrected chi connectivity index (χ0v) is 12.1. The molecule has 20 heavy (non-hydrogen) atoms. The first-order valence-corrected chi connectivity index (χ1v) is 8.09. The average molecular weight is 298 g/mol. The molecular formula is C14H18O5S. The Morgan fingerprint density at radius 2 is 2.10 bits per heavy atom. The molecule has 0 amide bonds. The van der Waals surface area contributed by atoms with E-state index >= 15 is 0 Å². The number of hydrogen-bond acceptors (Lipinski definition) is 4. The third-order valence-corrected chi connectivity index (χ3v) is 4.27. The van der Waals surface area contributed by atoms with Crippen LogP contribution in [-0.4, -0.2) is 37.6 Å². The van der Waals surface area contributed by atoms with Crippen LogP contribution in [0.15, 0.2) is 30.3 Å². The van der Waals surface area contributed by atoms with Crippen LogP contribution < -0.4 is 4.74 Å². The molecule has 0 saturated carbocycles. The molecule has 0 aliphatic rings. The van der Waals surface area contributed by atoms with E-state index in [0.717, 1.165) is 6.08 Å². The van der Waals surface area contributed by atoms with Crippen molar-refractivity contribution in [2.24, 2.45) is 0 Å². The van der Waals surface area contributed by atoms with Gasteiger partial charge in [0, 0.05) is 6.08 Å². The average Bonchev–Trinajstić information content (AvgIpc) is 2.36. The molecule has 0 spiro atoms. The molecule has 0 heterocycles. The quantitative estimate of drug-likeness (QED) is 0.742. The van der Waals surface area contributed by atoms with Crippen LogP contribution in [-0.2, 0) is 14.6 Å². The molecule has 110 valence electrons. The highest BCUT2D eigenvalue weighted by atomic mass is 32.2. The number of rotatable bonds is 8. The van der Waals surface area contributed by atoms with E-state index < -0.39 is 15.8 Å². The van der Waals surface area contributed by atoms with Crippen molar-refractivity contribution in [3.05, 3.63) is 35.9 Å². The van der Waals surface area contributed by atoms with Gasteiger partial charge in [0.2, 0.25) is 0 Å². The first-order valence-electron chi connectivity index (χ1n) is 6.27. The summed E-state index contributed by atoms with van der Waals surface area (Å²) in [5.41, 5.74) is 0.682. The fraction of sp³-hybridized carbons (Fsp3) is 0.357. The monoisotopic (exact) mass is 298 g/mol. The van der Waals surface area contributed by atoms with Crippen LogP contribution in [0, 0.1) is 0 Å². The molecule has 6 heteroatoms. The smallest absolute Gasteiger partial charge is 0.328 e. The molecule has 1 aromatic rings. The Morgan fingerprint density at radius 3 is 2.75 bits per heavy atom. The molecule has 0 aliphatic heterocycles. The van der Waals surface area contributed by atoms with Crippen molar-refractivity contribution >= 4 is 21.9 Å². The molecule has 5 nitrogen and oxygen atoms in total. The minimum absolute atomic E-state index is 0.0178. The predicted molar refractivity (Wildman–Crippen MR) is 77.6 cm³/mol. The maximum absolute atomic E-state index is 11.5. The van der Waals surface area contributed by atoms with Gasteiger partial charge in [-0.2, -0.15) is 0 Å². The Morgan fingerprint density at radius 1 is 1.35 bits per heavy atom. The first-order chi connectivity index (χ1) is 9.43. The van der Waals surface area contributed by atoms with Crippen molar-refractivity contribution in [2.45, 2.75) is 13.3 Å². The van der Waals surface area contributed by atoms with E-state index in [1.807, 2.05) is 6.92 Å². The lowest BCUT2D eigenvalue weighted by Crippen LogP contribution is -2.16. The molecule has 0 aromatic heterocycles. The summed E-state index contributed by atoms with van der Waals surface area (Å²) < 4.78 is 28.4. The van der Waals surface area contributed by atoms with Gasteiger partial charge in [-0.05, 0) is 30.2 Å². The van der Waals surface area contributed by atoms with E-state index in [0.29, 0.717) is 17.7 Å². The van der Waals surface area contributed by atoms with E-state index in [1.54, 1.807) is 24.3 Å². The second kappa shape index (κ2) is 7.69. The summed E-state index contributed by atoms with van der Waals surface area (Å²) in [5, 5.41) is 8.54. The Bertz CT molecular complexity index is 575. The van der Waals surface area contributed by atoms with Crippen molar-refractivity contribution in [2.75, 3.05) is 18.1 Å². The molecule has 0 radical (unpaired) electrons. The van der Waals surface area contributed by atoms with E-state index in [9.17, 15) is 13.2 Å². The molecule has 1 rings (SSSR count). The summed E-state index contributed by atoms with van der Waals surface area (Å²) in [6, 6.07) is 6.81. The van der Waals surface area contributed by atoms with Crippen LogP contribution in [0.3, 0.4) is 0 Å². The number of hydrogen-bond donors (Lipinski definition) is 1. The highest BCUT2D eigenvalue weighted by Crippen LogP contribution is 2.14. The Kier molecular flexibility index (Phi) is 6.24. The molecule has 0 atom stereocenters.